The minimum atomic E-state index is -0.114. The Morgan fingerprint density at radius 2 is 1.85 bits per heavy atom. The summed E-state index contributed by atoms with van der Waals surface area (Å²) in [6.45, 7) is 0.176. The number of aliphatic hydroxyl groups is 1. The van der Waals surface area contributed by atoms with Crippen molar-refractivity contribution < 1.29 is 10.2 Å². The molecule has 0 aliphatic heterocycles. The normalized spacial score (nSPS) is 21.4. The maximum Gasteiger partial charge on any atom is 0.115 e. The van der Waals surface area contributed by atoms with Crippen molar-refractivity contribution in [3.8, 4) is 5.75 Å². The van der Waals surface area contributed by atoms with Crippen molar-refractivity contribution in [1.82, 2.24) is 0 Å². The van der Waals surface area contributed by atoms with Gasteiger partial charge in [-0.1, -0.05) is 36.4 Å². The highest BCUT2D eigenvalue weighted by atomic mass is 16.3. The van der Waals surface area contributed by atoms with Crippen LogP contribution in [0.1, 0.15) is 36.0 Å². The second-order valence-electron chi connectivity index (χ2n) is 5.62. The van der Waals surface area contributed by atoms with E-state index in [1.54, 1.807) is 6.07 Å². The predicted molar refractivity (Wildman–Crippen MR) is 80.0 cm³/mol. The van der Waals surface area contributed by atoms with Crippen LogP contribution in [0.2, 0.25) is 0 Å². The fourth-order valence-corrected chi connectivity index (χ4v) is 3.62. The molecule has 0 saturated carbocycles. The van der Waals surface area contributed by atoms with Gasteiger partial charge in [0.15, 0.2) is 0 Å². The van der Waals surface area contributed by atoms with E-state index in [4.69, 9.17) is 0 Å². The Hall–Kier alpha value is -1.80. The molecule has 0 fully saturated rings. The smallest absolute Gasteiger partial charge is 0.115 e. The number of aryl methyl sites for hydroxylation is 1. The van der Waals surface area contributed by atoms with Gasteiger partial charge in [-0.3, -0.25) is 0 Å². The first-order valence-corrected chi connectivity index (χ1v) is 7.25. The zero-order valence-electron chi connectivity index (χ0n) is 11.5. The molecule has 2 heteroatoms. The number of aromatic hydroxyl groups is 1. The molecule has 0 spiro atoms. The summed E-state index contributed by atoms with van der Waals surface area (Å²) in [6, 6.07) is 16.1. The van der Waals surface area contributed by atoms with Gasteiger partial charge in [0, 0.05) is 12.0 Å². The molecular weight excluding hydrogens is 248 g/mol. The number of aliphatic hydroxyl groups excluding tert-OH is 1. The number of rotatable bonds is 3. The summed E-state index contributed by atoms with van der Waals surface area (Å²) in [5.41, 5.74) is 3.63. The summed E-state index contributed by atoms with van der Waals surface area (Å²) in [5, 5.41) is 19.3. The number of benzene rings is 2. The second-order valence-corrected chi connectivity index (χ2v) is 5.62. The zero-order valence-corrected chi connectivity index (χ0v) is 11.5. The maximum absolute atomic E-state index is 9.71. The molecule has 2 nitrogen and oxygen atoms in total. The summed E-state index contributed by atoms with van der Waals surface area (Å²) >= 11 is 0. The Labute approximate surface area is 119 Å². The Bertz CT molecular complexity index is 592. The van der Waals surface area contributed by atoms with Gasteiger partial charge < -0.3 is 10.2 Å². The van der Waals surface area contributed by atoms with Gasteiger partial charge in [-0.15, -0.1) is 0 Å². The van der Waals surface area contributed by atoms with E-state index >= 15 is 0 Å². The molecule has 0 heterocycles. The molecule has 2 aromatic rings. The number of fused-ring (bicyclic) bond motifs is 1. The molecule has 0 aromatic heterocycles. The number of phenolic OH excluding ortho intramolecular Hbond substituents is 1. The lowest BCUT2D eigenvalue weighted by atomic mass is 9.64. The molecule has 2 N–H and O–H groups in total. The first-order valence-electron chi connectivity index (χ1n) is 7.25. The molecule has 0 radical (unpaired) electrons. The summed E-state index contributed by atoms with van der Waals surface area (Å²) in [6.07, 6.45) is 3.87. The van der Waals surface area contributed by atoms with Crippen LogP contribution >= 0.6 is 0 Å². The topological polar surface area (TPSA) is 40.5 Å². The first kappa shape index (κ1) is 13.2. The number of hydrogen-bond acceptors (Lipinski definition) is 2. The van der Waals surface area contributed by atoms with E-state index in [1.165, 1.54) is 16.7 Å². The molecule has 0 amide bonds. The summed E-state index contributed by atoms with van der Waals surface area (Å²) < 4.78 is 0. The van der Waals surface area contributed by atoms with Crippen LogP contribution in [0.4, 0.5) is 0 Å². The summed E-state index contributed by atoms with van der Waals surface area (Å²) in [5.74, 6) is 0.330. The van der Waals surface area contributed by atoms with Crippen molar-refractivity contribution in [2.45, 2.75) is 31.1 Å². The maximum atomic E-state index is 9.71. The van der Waals surface area contributed by atoms with Gasteiger partial charge in [-0.2, -0.15) is 0 Å². The van der Waals surface area contributed by atoms with Crippen molar-refractivity contribution in [2.75, 3.05) is 6.61 Å². The van der Waals surface area contributed by atoms with E-state index in [0.29, 0.717) is 5.75 Å². The van der Waals surface area contributed by atoms with Crippen molar-refractivity contribution in [2.24, 2.45) is 0 Å². The minimum absolute atomic E-state index is 0.114. The van der Waals surface area contributed by atoms with Crippen LogP contribution in [0.25, 0.3) is 0 Å². The largest absolute Gasteiger partial charge is 0.508 e. The van der Waals surface area contributed by atoms with Gasteiger partial charge in [-0.05, 0) is 54.5 Å². The monoisotopic (exact) mass is 268 g/mol. The Balaban J connectivity index is 2.18. The Morgan fingerprint density at radius 3 is 2.60 bits per heavy atom. The van der Waals surface area contributed by atoms with E-state index in [2.05, 4.69) is 24.3 Å². The van der Waals surface area contributed by atoms with E-state index in [1.807, 2.05) is 18.2 Å². The highest BCUT2D eigenvalue weighted by Crippen LogP contribution is 2.45. The standard InChI is InChI=1S/C18H20O2/c19-12-11-18(15-6-2-1-3-7-15)10-4-5-14-13-16(20)8-9-17(14)18/h1-3,6-9,13,19-20H,4-5,10-12H2. The number of hydrogen-bond donors (Lipinski definition) is 2. The fourth-order valence-electron chi connectivity index (χ4n) is 3.62. The molecule has 20 heavy (non-hydrogen) atoms. The second kappa shape index (κ2) is 5.29. The molecule has 1 aliphatic rings. The first-order chi connectivity index (χ1) is 9.76. The van der Waals surface area contributed by atoms with Gasteiger partial charge in [0.25, 0.3) is 0 Å². The third-order valence-corrected chi connectivity index (χ3v) is 4.52. The minimum Gasteiger partial charge on any atom is -0.508 e. The highest BCUT2D eigenvalue weighted by molar-refractivity contribution is 5.48. The molecule has 104 valence electrons. The molecular formula is C18H20O2. The predicted octanol–water partition coefficient (Wildman–Crippen LogP) is 3.40. The zero-order chi connectivity index (χ0) is 14.0. The average Bonchev–Trinajstić information content (AvgIpc) is 2.48. The lowest BCUT2D eigenvalue weighted by molar-refractivity contribution is 0.241. The van der Waals surface area contributed by atoms with Gasteiger partial charge >= 0.3 is 0 Å². The third kappa shape index (κ3) is 2.10. The van der Waals surface area contributed by atoms with Crippen molar-refractivity contribution >= 4 is 0 Å². The third-order valence-electron chi connectivity index (χ3n) is 4.52. The van der Waals surface area contributed by atoms with E-state index < -0.39 is 0 Å². The van der Waals surface area contributed by atoms with Gasteiger partial charge in [0.2, 0.25) is 0 Å². The van der Waals surface area contributed by atoms with Gasteiger partial charge in [0.1, 0.15) is 5.75 Å². The lowest BCUT2D eigenvalue weighted by Gasteiger charge is -2.39. The molecule has 3 rings (SSSR count). The van der Waals surface area contributed by atoms with Crippen molar-refractivity contribution in [3.63, 3.8) is 0 Å². The summed E-state index contributed by atoms with van der Waals surface area (Å²) in [7, 11) is 0. The molecule has 1 unspecified atom stereocenters. The van der Waals surface area contributed by atoms with Crippen LogP contribution in [0.3, 0.4) is 0 Å². The van der Waals surface area contributed by atoms with Gasteiger partial charge in [0.05, 0.1) is 0 Å². The molecule has 1 aliphatic carbocycles. The van der Waals surface area contributed by atoms with E-state index in [-0.39, 0.29) is 12.0 Å². The Kier molecular flexibility index (Phi) is 3.49. The van der Waals surface area contributed by atoms with Crippen LogP contribution in [0.15, 0.2) is 48.5 Å². The van der Waals surface area contributed by atoms with Crippen LogP contribution in [-0.4, -0.2) is 16.8 Å². The quantitative estimate of drug-likeness (QED) is 0.895. The van der Waals surface area contributed by atoms with Crippen molar-refractivity contribution in [3.05, 3.63) is 65.2 Å². The SMILES string of the molecule is OCCC1(c2ccccc2)CCCc2cc(O)ccc21. The average molecular weight is 268 g/mol. The number of phenols is 1. The van der Waals surface area contributed by atoms with E-state index in [0.717, 1.165) is 25.7 Å². The molecule has 0 saturated heterocycles. The fraction of sp³-hybridized carbons (Fsp3) is 0.333. The van der Waals surface area contributed by atoms with E-state index in [9.17, 15) is 10.2 Å². The summed E-state index contributed by atoms with van der Waals surface area (Å²) in [4.78, 5) is 0. The van der Waals surface area contributed by atoms with Crippen molar-refractivity contribution in [1.29, 1.82) is 0 Å². The Morgan fingerprint density at radius 1 is 1.05 bits per heavy atom. The molecule has 0 bridgehead atoms. The molecule has 2 aromatic carbocycles. The lowest BCUT2D eigenvalue weighted by Crippen LogP contribution is -2.33. The highest BCUT2D eigenvalue weighted by Gasteiger charge is 2.37. The van der Waals surface area contributed by atoms with Crippen LogP contribution < -0.4 is 0 Å². The van der Waals surface area contributed by atoms with Crippen LogP contribution in [-0.2, 0) is 11.8 Å². The van der Waals surface area contributed by atoms with Gasteiger partial charge in [-0.25, -0.2) is 0 Å². The molecule has 1 atom stereocenters. The van der Waals surface area contributed by atoms with Crippen LogP contribution in [0.5, 0.6) is 5.75 Å². The van der Waals surface area contributed by atoms with Crippen LogP contribution in [0, 0.1) is 0 Å².